The Morgan fingerprint density at radius 3 is 2.96 bits per heavy atom. The summed E-state index contributed by atoms with van der Waals surface area (Å²) >= 11 is 0. The van der Waals surface area contributed by atoms with Gasteiger partial charge in [-0.15, -0.1) is 0 Å². The Morgan fingerprint density at radius 2 is 2.18 bits per heavy atom. The minimum Gasteiger partial charge on any atom is -0.389 e. The molecule has 148 valence electrons. The van der Waals surface area contributed by atoms with Crippen LogP contribution in [0.3, 0.4) is 0 Å². The lowest BCUT2D eigenvalue weighted by Gasteiger charge is -2.28. The number of nitrogens with zero attached hydrogens (tertiary/aromatic N) is 1. The maximum absolute atomic E-state index is 13.2. The molecular formula is C21H24FN3O3. The standard InChI is InChI=1S/C21H24FN3O3/c22-15-3-1-13(2-4-15)9-14-10-18(24-19-11-23-7-5-16(14)19)21(27)25-17-6-8-28-12-20(17)26/h1-4,10,17,20,23,26H,5-9,11-12H2,(H,25,27)/t17-,20+/m0/s1. The quantitative estimate of drug-likeness (QED) is 0.740. The van der Waals surface area contributed by atoms with Crippen LogP contribution in [0.4, 0.5) is 4.39 Å². The monoisotopic (exact) mass is 385 g/mol. The van der Waals surface area contributed by atoms with Crippen molar-refractivity contribution in [3.63, 3.8) is 0 Å². The molecule has 3 heterocycles. The van der Waals surface area contributed by atoms with E-state index in [9.17, 15) is 14.3 Å². The topological polar surface area (TPSA) is 83.5 Å². The number of fused-ring (bicyclic) bond motifs is 1. The lowest BCUT2D eigenvalue weighted by Crippen LogP contribution is -2.49. The highest BCUT2D eigenvalue weighted by Gasteiger charge is 2.27. The highest BCUT2D eigenvalue weighted by Crippen LogP contribution is 2.22. The Kier molecular flexibility index (Phi) is 5.66. The summed E-state index contributed by atoms with van der Waals surface area (Å²) in [4.78, 5) is 17.4. The lowest BCUT2D eigenvalue weighted by molar-refractivity contribution is -0.0261. The van der Waals surface area contributed by atoms with Crippen LogP contribution in [0.15, 0.2) is 30.3 Å². The Morgan fingerprint density at radius 1 is 1.36 bits per heavy atom. The Bertz CT molecular complexity index is 857. The molecule has 2 aliphatic heterocycles. The molecule has 1 saturated heterocycles. The van der Waals surface area contributed by atoms with Crippen LogP contribution in [0, 0.1) is 5.82 Å². The van der Waals surface area contributed by atoms with Crippen molar-refractivity contribution in [1.82, 2.24) is 15.6 Å². The summed E-state index contributed by atoms with van der Waals surface area (Å²) in [6.45, 7) is 2.22. The number of nitrogens with one attached hydrogen (secondary N) is 2. The van der Waals surface area contributed by atoms with Gasteiger partial charge in [-0.05, 0) is 60.7 Å². The number of hydrogen-bond donors (Lipinski definition) is 3. The summed E-state index contributed by atoms with van der Waals surface area (Å²) in [5.74, 6) is -0.556. The third kappa shape index (κ3) is 4.22. The van der Waals surface area contributed by atoms with Gasteiger partial charge in [0, 0.05) is 13.2 Å². The molecule has 28 heavy (non-hydrogen) atoms. The fourth-order valence-corrected chi connectivity index (χ4v) is 3.78. The van der Waals surface area contributed by atoms with Gasteiger partial charge in [-0.25, -0.2) is 9.37 Å². The van der Waals surface area contributed by atoms with E-state index in [0.29, 0.717) is 31.7 Å². The van der Waals surface area contributed by atoms with Crippen molar-refractivity contribution in [2.24, 2.45) is 0 Å². The zero-order valence-electron chi connectivity index (χ0n) is 15.6. The summed E-state index contributed by atoms with van der Waals surface area (Å²) in [5.41, 5.74) is 4.41. The van der Waals surface area contributed by atoms with Crippen molar-refractivity contribution < 1.29 is 19.0 Å². The molecule has 0 radical (unpaired) electrons. The number of aliphatic hydroxyl groups excluding tert-OH is 1. The van der Waals surface area contributed by atoms with Gasteiger partial charge in [0.05, 0.1) is 24.4 Å². The van der Waals surface area contributed by atoms with Gasteiger partial charge in [0.25, 0.3) is 5.91 Å². The van der Waals surface area contributed by atoms with E-state index < -0.39 is 6.10 Å². The SMILES string of the molecule is O=C(N[C@H]1CCOC[C@H]1O)c1cc(Cc2ccc(F)cc2)c2c(n1)CNCC2. The molecular weight excluding hydrogens is 361 g/mol. The first-order chi connectivity index (χ1) is 13.6. The van der Waals surface area contributed by atoms with Gasteiger partial charge in [0.15, 0.2) is 0 Å². The fraction of sp³-hybridized carbons (Fsp3) is 0.429. The summed E-state index contributed by atoms with van der Waals surface area (Å²) in [5, 5.41) is 16.2. The molecule has 6 nitrogen and oxygen atoms in total. The summed E-state index contributed by atoms with van der Waals surface area (Å²) in [7, 11) is 0. The highest BCUT2D eigenvalue weighted by molar-refractivity contribution is 5.93. The third-order valence-electron chi connectivity index (χ3n) is 5.33. The van der Waals surface area contributed by atoms with Crippen LogP contribution in [-0.2, 0) is 24.1 Å². The zero-order valence-corrected chi connectivity index (χ0v) is 15.6. The van der Waals surface area contributed by atoms with Gasteiger partial charge in [0.1, 0.15) is 11.5 Å². The first-order valence-electron chi connectivity index (χ1n) is 9.63. The normalized spacial score (nSPS) is 21.8. The largest absolute Gasteiger partial charge is 0.389 e. The van der Waals surface area contributed by atoms with E-state index in [1.807, 2.05) is 6.07 Å². The summed E-state index contributed by atoms with van der Waals surface area (Å²) in [6.07, 6.45) is 1.32. The molecule has 7 heteroatoms. The molecule has 4 rings (SSSR count). The van der Waals surface area contributed by atoms with Crippen LogP contribution in [0.1, 0.15) is 39.3 Å². The molecule has 1 fully saturated rings. The maximum atomic E-state index is 13.2. The average molecular weight is 385 g/mol. The van der Waals surface area contributed by atoms with Gasteiger partial charge in [-0.1, -0.05) is 12.1 Å². The van der Waals surface area contributed by atoms with Gasteiger partial charge in [0.2, 0.25) is 0 Å². The second-order valence-electron chi connectivity index (χ2n) is 7.33. The number of hydrogen-bond acceptors (Lipinski definition) is 5. The molecule has 0 bridgehead atoms. The number of carbonyl (C=O) groups excluding carboxylic acids is 1. The Labute approximate surface area is 163 Å². The summed E-state index contributed by atoms with van der Waals surface area (Å²) < 4.78 is 18.4. The average Bonchev–Trinajstić information content (AvgIpc) is 2.71. The maximum Gasteiger partial charge on any atom is 0.270 e. The van der Waals surface area contributed by atoms with Crippen LogP contribution >= 0.6 is 0 Å². The van der Waals surface area contributed by atoms with Crippen LogP contribution in [-0.4, -0.2) is 47.9 Å². The third-order valence-corrected chi connectivity index (χ3v) is 5.33. The number of amides is 1. The molecule has 0 spiro atoms. The van der Waals surface area contributed by atoms with Gasteiger partial charge < -0.3 is 20.5 Å². The van der Waals surface area contributed by atoms with Gasteiger partial charge >= 0.3 is 0 Å². The van der Waals surface area contributed by atoms with E-state index in [4.69, 9.17) is 4.74 Å². The predicted molar refractivity (Wildman–Crippen MR) is 102 cm³/mol. The van der Waals surface area contributed by atoms with Crippen LogP contribution in [0.5, 0.6) is 0 Å². The van der Waals surface area contributed by atoms with Gasteiger partial charge in [-0.3, -0.25) is 4.79 Å². The van der Waals surface area contributed by atoms with E-state index >= 15 is 0 Å². The number of halogens is 1. The van der Waals surface area contributed by atoms with Crippen molar-refractivity contribution in [2.75, 3.05) is 19.8 Å². The first-order valence-corrected chi connectivity index (χ1v) is 9.63. The molecule has 2 aliphatic rings. The first kappa shape index (κ1) is 19.0. The van der Waals surface area contributed by atoms with Crippen molar-refractivity contribution in [3.8, 4) is 0 Å². The second kappa shape index (κ2) is 8.34. The number of ether oxygens (including phenoxy) is 1. The smallest absolute Gasteiger partial charge is 0.270 e. The van der Waals surface area contributed by atoms with E-state index in [2.05, 4.69) is 15.6 Å². The van der Waals surface area contributed by atoms with Crippen molar-refractivity contribution in [3.05, 3.63) is 64.2 Å². The molecule has 0 unspecified atom stereocenters. The van der Waals surface area contributed by atoms with Crippen LogP contribution in [0.25, 0.3) is 0 Å². The number of pyridine rings is 1. The Hall–Kier alpha value is -2.35. The van der Waals surface area contributed by atoms with Crippen LogP contribution < -0.4 is 10.6 Å². The second-order valence-corrected chi connectivity index (χ2v) is 7.33. The highest BCUT2D eigenvalue weighted by atomic mass is 19.1. The Balaban J connectivity index is 1.60. The predicted octanol–water partition coefficient (Wildman–Crippen LogP) is 1.34. The summed E-state index contributed by atoms with van der Waals surface area (Å²) in [6, 6.07) is 7.92. The number of carbonyl (C=O) groups is 1. The zero-order chi connectivity index (χ0) is 19.5. The molecule has 0 aliphatic carbocycles. The molecule has 2 atom stereocenters. The van der Waals surface area contributed by atoms with Crippen LogP contribution in [0.2, 0.25) is 0 Å². The molecule has 1 aromatic heterocycles. The van der Waals surface area contributed by atoms with Crippen molar-refractivity contribution in [2.45, 2.75) is 38.0 Å². The number of aliphatic hydroxyl groups is 1. The molecule has 1 aromatic carbocycles. The van der Waals surface area contributed by atoms with E-state index in [1.165, 1.54) is 12.1 Å². The number of benzene rings is 1. The lowest BCUT2D eigenvalue weighted by atomic mass is 9.94. The van der Waals surface area contributed by atoms with Crippen molar-refractivity contribution in [1.29, 1.82) is 0 Å². The minimum absolute atomic E-state index is 0.225. The van der Waals surface area contributed by atoms with Crippen molar-refractivity contribution >= 4 is 5.91 Å². The fourth-order valence-electron chi connectivity index (χ4n) is 3.78. The molecule has 3 N–H and O–H groups in total. The molecule has 1 amide bonds. The van der Waals surface area contributed by atoms with E-state index in [0.717, 1.165) is 35.3 Å². The minimum atomic E-state index is -0.712. The van der Waals surface area contributed by atoms with Gasteiger partial charge in [-0.2, -0.15) is 0 Å². The number of aromatic nitrogens is 1. The molecule has 2 aromatic rings. The molecule has 0 saturated carbocycles. The van der Waals surface area contributed by atoms with E-state index in [-0.39, 0.29) is 24.4 Å². The number of rotatable bonds is 4. The van der Waals surface area contributed by atoms with E-state index in [1.54, 1.807) is 12.1 Å².